The van der Waals surface area contributed by atoms with E-state index < -0.39 is 5.67 Å². The molecule has 0 atom stereocenters. The third kappa shape index (κ3) is 2.48. The van der Waals surface area contributed by atoms with E-state index in [2.05, 4.69) is 5.32 Å². The van der Waals surface area contributed by atoms with Gasteiger partial charge >= 0.3 is 0 Å². The number of para-hydroxylation sites is 1. The molecular weight excluding hydrogens is 191 g/mol. The lowest BCUT2D eigenvalue weighted by Gasteiger charge is -2.30. The maximum atomic E-state index is 14.3. The van der Waals surface area contributed by atoms with E-state index in [0.29, 0.717) is 24.9 Å². The summed E-state index contributed by atoms with van der Waals surface area (Å²) in [5.41, 5.74) is 6.38. The summed E-state index contributed by atoms with van der Waals surface area (Å²) in [6.45, 7) is 1.53. The van der Waals surface area contributed by atoms with Gasteiger partial charge in [0.2, 0.25) is 0 Å². The standard InChI is InChI=1S/C12H17FN2/c13-12(5-7-15-8-6-12)9-10-3-1-2-4-11(10)14/h1-4,15H,5-9,14H2. The number of piperidine rings is 1. The molecule has 15 heavy (non-hydrogen) atoms. The van der Waals surface area contributed by atoms with E-state index in [1.165, 1.54) is 0 Å². The van der Waals surface area contributed by atoms with E-state index in [4.69, 9.17) is 5.73 Å². The molecule has 0 bridgehead atoms. The van der Waals surface area contributed by atoms with Crippen LogP contribution in [0.1, 0.15) is 18.4 Å². The van der Waals surface area contributed by atoms with Crippen molar-refractivity contribution in [3.05, 3.63) is 29.8 Å². The van der Waals surface area contributed by atoms with Crippen LogP contribution in [0.5, 0.6) is 0 Å². The zero-order chi connectivity index (χ0) is 10.7. The molecule has 0 unspecified atom stereocenters. The number of nitrogens with two attached hydrogens (primary N) is 1. The minimum absolute atomic E-state index is 0.446. The lowest BCUT2D eigenvalue weighted by molar-refractivity contribution is 0.116. The van der Waals surface area contributed by atoms with Crippen LogP contribution in [0.3, 0.4) is 0 Å². The van der Waals surface area contributed by atoms with Gasteiger partial charge in [0.25, 0.3) is 0 Å². The van der Waals surface area contributed by atoms with E-state index in [1.54, 1.807) is 0 Å². The topological polar surface area (TPSA) is 38.0 Å². The number of anilines is 1. The van der Waals surface area contributed by atoms with Crippen molar-refractivity contribution in [1.82, 2.24) is 5.32 Å². The molecule has 2 rings (SSSR count). The summed E-state index contributed by atoms with van der Waals surface area (Å²) in [7, 11) is 0. The number of rotatable bonds is 2. The van der Waals surface area contributed by atoms with Gasteiger partial charge in [0.05, 0.1) is 0 Å². The number of nitrogen functional groups attached to an aromatic ring is 1. The van der Waals surface area contributed by atoms with Gasteiger partial charge in [-0.3, -0.25) is 0 Å². The summed E-state index contributed by atoms with van der Waals surface area (Å²) in [4.78, 5) is 0. The Morgan fingerprint density at radius 1 is 1.27 bits per heavy atom. The van der Waals surface area contributed by atoms with Gasteiger partial charge in [-0.15, -0.1) is 0 Å². The first kappa shape index (κ1) is 10.4. The van der Waals surface area contributed by atoms with Gasteiger partial charge in [-0.25, -0.2) is 4.39 Å². The minimum atomic E-state index is -1.07. The van der Waals surface area contributed by atoms with Crippen LogP contribution in [-0.4, -0.2) is 18.8 Å². The smallest absolute Gasteiger partial charge is 0.117 e. The number of halogens is 1. The molecule has 1 fully saturated rings. The van der Waals surface area contributed by atoms with Crippen LogP contribution in [0, 0.1) is 0 Å². The van der Waals surface area contributed by atoms with Crippen molar-refractivity contribution in [3.63, 3.8) is 0 Å². The summed E-state index contributed by atoms with van der Waals surface area (Å²) in [6, 6.07) is 7.54. The fourth-order valence-corrected chi connectivity index (χ4v) is 2.09. The molecule has 0 spiro atoms. The zero-order valence-electron chi connectivity index (χ0n) is 8.80. The zero-order valence-corrected chi connectivity index (χ0v) is 8.80. The highest BCUT2D eigenvalue weighted by molar-refractivity contribution is 5.47. The van der Waals surface area contributed by atoms with E-state index in [-0.39, 0.29) is 0 Å². The number of alkyl halides is 1. The molecule has 3 N–H and O–H groups in total. The fourth-order valence-electron chi connectivity index (χ4n) is 2.09. The molecule has 3 heteroatoms. The van der Waals surface area contributed by atoms with E-state index in [1.807, 2.05) is 24.3 Å². The Balaban J connectivity index is 2.10. The minimum Gasteiger partial charge on any atom is -0.399 e. The fraction of sp³-hybridized carbons (Fsp3) is 0.500. The van der Waals surface area contributed by atoms with E-state index in [9.17, 15) is 4.39 Å². The molecule has 0 aromatic heterocycles. The van der Waals surface area contributed by atoms with Gasteiger partial charge < -0.3 is 11.1 Å². The molecule has 0 saturated carbocycles. The summed E-state index contributed by atoms with van der Waals surface area (Å²) >= 11 is 0. The first-order valence-corrected chi connectivity index (χ1v) is 5.43. The molecule has 1 aromatic rings. The summed E-state index contributed by atoms with van der Waals surface area (Å²) in [5, 5.41) is 3.17. The van der Waals surface area contributed by atoms with Crippen LogP contribution < -0.4 is 11.1 Å². The maximum absolute atomic E-state index is 14.3. The van der Waals surface area contributed by atoms with Crippen LogP contribution in [-0.2, 0) is 6.42 Å². The Kier molecular flexibility index (Phi) is 2.91. The molecule has 0 radical (unpaired) electrons. The van der Waals surface area contributed by atoms with Crippen molar-refractivity contribution in [3.8, 4) is 0 Å². The second kappa shape index (κ2) is 4.19. The SMILES string of the molecule is Nc1ccccc1CC1(F)CCNCC1. The molecule has 1 aliphatic rings. The average Bonchev–Trinajstić information content (AvgIpc) is 2.22. The monoisotopic (exact) mass is 208 g/mol. The second-order valence-corrected chi connectivity index (χ2v) is 4.28. The molecule has 1 aliphatic heterocycles. The quantitative estimate of drug-likeness (QED) is 0.728. The summed E-state index contributed by atoms with van der Waals surface area (Å²) < 4.78 is 14.3. The van der Waals surface area contributed by atoms with Crippen molar-refractivity contribution in [2.45, 2.75) is 24.9 Å². The normalized spacial score (nSPS) is 20.1. The van der Waals surface area contributed by atoms with Crippen LogP contribution in [0.15, 0.2) is 24.3 Å². The molecule has 1 aromatic carbocycles. The lowest BCUT2D eigenvalue weighted by Crippen LogP contribution is -2.40. The van der Waals surface area contributed by atoms with Crippen LogP contribution in [0.2, 0.25) is 0 Å². The molecular formula is C12H17FN2. The molecule has 0 aliphatic carbocycles. The first-order chi connectivity index (χ1) is 7.20. The Labute approximate surface area is 89.7 Å². The van der Waals surface area contributed by atoms with Gasteiger partial charge in [0, 0.05) is 12.1 Å². The molecule has 82 valence electrons. The highest BCUT2D eigenvalue weighted by Gasteiger charge is 2.32. The highest BCUT2D eigenvalue weighted by Crippen LogP contribution is 2.29. The maximum Gasteiger partial charge on any atom is 0.117 e. The average molecular weight is 208 g/mol. The number of hydrogen-bond donors (Lipinski definition) is 2. The number of benzene rings is 1. The Morgan fingerprint density at radius 3 is 2.60 bits per heavy atom. The van der Waals surface area contributed by atoms with Gasteiger partial charge in [-0.1, -0.05) is 18.2 Å². The third-order valence-electron chi connectivity index (χ3n) is 3.06. The van der Waals surface area contributed by atoms with Gasteiger partial charge in [-0.05, 0) is 37.6 Å². The summed E-state index contributed by atoms with van der Waals surface area (Å²) in [6.07, 6.45) is 1.62. The van der Waals surface area contributed by atoms with E-state index in [0.717, 1.165) is 18.7 Å². The molecule has 1 heterocycles. The number of nitrogens with one attached hydrogen (secondary N) is 1. The van der Waals surface area contributed by atoms with Crippen LogP contribution >= 0.6 is 0 Å². The van der Waals surface area contributed by atoms with Crippen LogP contribution in [0.25, 0.3) is 0 Å². The second-order valence-electron chi connectivity index (χ2n) is 4.28. The Hall–Kier alpha value is -1.09. The van der Waals surface area contributed by atoms with Crippen molar-refractivity contribution in [1.29, 1.82) is 0 Å². The Morgan fingerprint density at radius 2 is 1.93 bits per heavy atom. The van der Waals surface area contributed by atoms with Crippen molar-refractivity contribution < 1.29 is 4.39 Å². The first-order valence-electron chi connectivity index (χ1n) is 5.43. The molecule has 0 amide bonds. The lowest BCUT2D eigenvalue weighted by atomic mass is 9.87. The Bertz CT molecular complexity index is 332. The van der Waals surface area contributed by atoms with Gasteiger partial charge in [0.1, 0.15) is 5.67 Å². The van der Waals surface area contributed by atoms with Gasteiger partial charge in [0.15, 0.2) is 0 Å². The van der Waals surface area contributed by atoms with Gasteiger partial charge in [-0.2, -0.15) is 0 Å². The van der Waals surface area contributed by atoms with Crippen LogP contribution in [0.4, 0.5) is 10.1 Å². The predicted molar refractivity (Wildman–Crippen MR) is 60.5 cm³/mol. The van der Waals surface area contributed by atoms with Crippen molar-refractivity contribution >= 4 is 5.69 Å². The van der Waals surface area contributed by atoms with Crippen molar-refractivity contribution in [2.75, 3.05) is 18.8 Å². The molecule has 2 nitrogen and oxygen atoms in total. The van der Waals surface area contributed by atoms with Crippen molar-refractivity contribution in [2.24, 2.45) is 0 Å². The van der Waals surface area contributed by atoms with E-state index >= 15 is 0 Å². The number of hydrogen-bond acceptors (Lipinski definition) is 2. The predicted octanol–water partition coefficient (Wildman–Crippen LogP) is 1.90. The third-order valence-corrected chi connectivity index (χ3v) is 3.06. The molecule has 1 saturated heterocycles. The highest BCUT2D eigenvalue weighted by atomic mass is 19.1. The summed E-state index contributed by atoms with van der Waals surface area (Å²) in [5.74, 6) is 0. The largest absolute Gasteiger partial charge is 0.399 e.